The predicted octanol–water partition coefficient (Wildman–Crippen LogP) is 1.84. The van der Waals surface area contributed by atoms with Crippen LogP contribution in [0.4, 0.5) is 4.79 Å². The standard InChI is InChI=1S/C17H24N2O6/c1-2-10-24-17(23)18-13(11-12-6-4-3-5-7-12)16(22)25-19-14(20)8-9-15(19)21/h2,12-13H,1,3-11H2,(H,18,23)/t13-/m0/s1. The number of hydroxylamine groups is 2. The van der Waals surface area contributed by atoms with Gasteiger partial charge in [-0.3, -0.25) is 9.59 Å². The molecule has 1 saturated heterocycles. The summed E-state index contributed by atoms with van der Waals surface area (Å²) in [6, 6.07) is -0.971. The van der Waals surface area contributed by atoms with Gasteiger partial charge in [0.25, 0.3) is 11.8 Å². The zero-order chi connectivity index (χ0) is 18.2. The first-order valence-electron chi connectivity index (χ1n) is 8.63. The normalized spacial score (nSPS) is 19.4. The van der Waals surface area contributed by atoms with Crippen molar-refractivity contribution in [2.75, 3.05) is 6.61 Å². The van der Waals surface area contributed by atoms with Crippen LogP contribution in [0.5, 0.6) is 0 Å². The minimum Gasteiger partial charge on any atom is -0.445 e. The minimum atomic E-state index is -0.971. The first kappa shape index (κ1) is 19.0. The van der Waals surface area contributed by atoms with Crippen LogP contribution in [0.2, 0.25) is 0 Å². The molecule has 0 aromatic heterocycles. The fourth-order valence-corrected chi connectivity index (χ4v) is 3.10. The molecule has 2 aliphatic rings. The Bertz CT molecular complexity index is 525. The summed E-state index contributed by atoms with van der Waals surface area (Å²) in [5, 5.41) is 2.96. The van der Waals surface area contributed by atoms with E-state index < -0.39 is 29.9 Å². The molecular weight excluding hydrogens is 328 g/mol. The Kier molecular flexibility index (Phi) is 6.97. The summed E-state index contributed by atoms with van der Waals surface area (Å²) >= 11 is 0. The maximum atomic E-state index is 12.4. The molecule has 1 aliphatic heterocycles. The first-order chi connectivity index (χ1) is 12.0. The summed E-state index contributed by atoms with van der Waals surface area (Å²) < 4.78 is 4.85. The molecule has 2 rings (SSSR count). The number of hydrogen-bond donors (Lipinski definition) is 1. The summed E-state index contributed by atoms with van der Waals surface area (Å²) in [4.78, 5) is 52.4. The molecule has 8 nitrogen and oxygen atoms in total. The van der Waals surface area contributed by atoms with Crippen molar-refractivity contribution >= 4 is 23.9 Å². The lowest BCUT2D eigenvalue weighted by atomic mass is 9.85. The third-order valence-electron chi connectivity index (χ3n) is 4.39. The smallest absolute Gasteiger partial charge is 0.408 e. The molecule has 138 valence electrons. The molecule has 0 aromatic rings. The highest BCUT2D eigenvalue weighted by atomic mass is 16.7. The van der Waals surface area contributed by atoms with E-state index in [1.165, 1.54) is 6.08 Å². The van der Waals surface area contributed by atoms with E-state index in [2.05, 4.69) is 11.9 Å². The van der Waals surface area contributed by atoms with E-state index in [-0.39, 0.29) is 25.4 Å². The summed E-state index contributed by atoms with van der Waals surface area (Å²) in [5.41, 5.74) is 0. The van der Waals surface area contributed by atoms with Gasteiger partial charge in [-0.05, 0) is 12.3 Å². The summed E-state index contributed by atoms with van der Waals surface area (Å²) in [6.07, 6.45) is 6.33. The molecule has 0 bridgehead atoms. The second-order valence-electron chi connectivity index (χ2n) is 6.32. The van der Waals surface area contributed by atoms with Crippen molar-refractivity contribution in [1.29, 1.82) is 0 Å². The maximum Gasteiger partial charge on any atom is 0.408 e. The molecule has 0 aromatic carbocycles. The number of nitrogens with zero attached hydrogens (tertiary/aromatic N) is 1. The number of hydrogen-bond acceptors (Lipinski definition) is 6. The molecule has 3 amide bonds. The van der Waals surface area contributed by atoms with Crippen LogP contribution in [0.3, 0.4) is 0 Å². The van der Waals surface area contributed by atoms with Gasteiger partial charge in [-0.1, -0.05) is 44.8 Å². The highest BCUT2D eigenvalue weighted by Crippen LogP contribution is 2.28. The third-order valence-corrected chi connectivity index (χ3v) is 4.39. The summed E-state index contributed by atoms with van der Waals surface area (Å²) in [6.45, 7) is 3.46. The number of carbonyl (C=O) groups excluding carboxylic acids is 4. The number of amides is 3. The van der Waals surface area contributed by atoms with Gasteiger partial charge in [0.15, 0.2) is 0 Å². The lowest BCUT2D eigenvalue weighted by molar-refractivity contribution is -0.199. The van der Waals surface area contributed by atoms with Gasteiger partial charge >= 0.3 is 12.1 Å². The van der Waals surface area contributed by atoms with Crippen molar-refractivity contribution in [2.45, 2.75) is 57.4 Å². The zero-order valence-corrected chi connectivity index (χ0v) is 14.2. The quantitative estimate of drug-likeness (QED) is 0.554. The Labute approximate surface area is 146 Å². The molecule has 1 N–H and O–H groups in total. The van der Waals surface area contributed by atoms with Gasteiger partial charge in [0.1, 0.15) is 12.6 Å². The van der Waals surface area contributed by atoms with Gasteiger partial charge < -0.3 is 14.9 Å². The SMILES string of the molecule is C=CCOC(=O)N[C@@H](CC1CCCCC1)C(=O)ON1C(=O)CCC1=O. The average Bonchev–Trinajstić information content (AvgIpc) is 2.92. The van der Waals surface area contributed by atoms with E-state index in [0.29, 0.717) is 11.5 Å². The van der Waals surface area contributed by atoms with Gasteiger partial charge in [0, 0.05) is 12.8 Å². The van der Waals surface area contributed by atoms with Crippen LogP contribution < -0.4 is 5.32 Å². The van der Waals surface area contributed by atoms with Crippen LogP contribution in [-0.4, -0.2) is 41.6 Å². The molecule has 8 heteroatoms. The van der Waals surface area contributed by atoms with Crippen LogP contribution in [-0.2, 0) is 24.0 Å². The van der Waals surface area contributed by atoms with Crippen LogP contribution in [0.25, 0.3) is 0 Å². The van der Waals surface area contributed by atoms with Gasteiger partial charge in [-0.15, -0.1) is 5.06 Å². The molecule has 2 fully saturated rings. The fraction of sp³-hybridized carbons (Fsp3) is 0.647. The Hall–Kier alpha value is -2.38. The van der Waals surface area contributed by atoms with Crippen molar-refractivity contribution in [1.82, 2.24) is 10.4 Å². The summed E-state index contributed by atoms with van der Waals surface area (Å²) in [7, 11) is 0. The summed E-state index contributed by atoms with van der Waals surface area (Å²) in [5.74, 6) is -1.66. The molecule has 25 heavy (non-hydrogen) atoms. The largest absolute Gasteiger partial charge is 0.445 e. The van der Waals surface area contributed by atoms with Crippen molar-refractivity contribution in [3.05, 3.63) is 12.7 Å². The van der Waals surface area contributed by atoms with Gasteiger partial charge in [-0.2, -0.15) is 0 Å². The van der Waals surface area contributed by atoms with E-state index in [4.69, 9.17) is 9.57 Å². The van der Waals surface area contributed by atoms with Crippen LogP contribution in [0.15, 0.2) is 12.7 Å². The van der Waals surface area contributed by atoms with E-state index in [0.717, 1.165) is 32.1 Å². The minimum absolute atomic E-state index is 0.0140. The van der Waals surface area contributed by atoms with E-state index in [9.17, 15) is 19.2 Å². The van der Waals surface area contributed by atoms with E-state index in [1.54, 1.807) is 0 Å². The van der Waals surface area contributed by atoms with Gasteiger partial charge in [-0.25, -0.2) is 9.59 Å². The lowest BCUT2D eigenvalue weighted by Gasteiger charge is -2.26. The molecule has 1 heterocycles. The zero-order valence-electron chi connectivity index (χ0n) is 14.2. The van der Waals surface area contributed by atoms with Crippen molar-refractivity contribution < 1.29 is 28.8 Å². The van der Waals surface area contributed by atoms with E-state index in [1.807, 2.05) is 0 Å². The Morgan fingerprint density at radius 3 is 2.44 bits per heavy atom. The van der Waals surface area contributed by atoms with Crippen molar-refractivity contribution in [2.24, 2.45) is 5.92 Å². The molecular formula is C17H24N2O6. The number of ether oxygens (including phenoxy) is 1. The van der Waals surface area contributed by atoms with Crippen LogP contribution in [0, 0.1) is 5.92 Å². The predicted molar refractivity (Wildman–Crippen MR) is 86.8 cm³/mol. The van der Waals surface area contributed by atoms with Crippen LogP contribution >= 0.6 is 0 Å². The second kappa shape index (κ2) is 9.19. The van der Waals surface area contributed by atoms with Crippen molar-refractivity contribution in [3.63, 3.8) is 0 Å². The monoisotopic (exact) mass is 352 g/mol. The number of alkyl carbamates (subject to hydrolysis) is 1. The molecule has 0 unspecified atom stereocenters. The Morgan fingerprint density at radius 2 is 1.84 bits per heavy atom. The number of nitrogens with one attached hydrogen (secondary N) is 1. The highest BCUT2D eigenvalue weighted by Gasteiger charge is 2.36. The molecule has 1 saturated carbocycles. The molecule has 0 spiro atoms. The topological polar surface area (TPSA) is 102 Å². The molecule has 0 radical (unpaired) electrons. The van der Waals surface area contributed by atoms with Crippen LogP contribution in [0.1, 0.15) is 51.4 Å². The highest BCUT2D eigenvalue weighted by molar-refractivity contribution is 6.01. The second-order valence-corrected chi connectivity index (χ2v) is 6.32. The fourth-order valence-electron chi connectivity index (χ4n) is 3.10. The Morgan fingerprint density at radius 1 is 1.20 bits per heavy atom. The van der Waals surface area contributed by atoms with Crippen molar-refractivity contribution in [3.8, 4) is 0 Å². The van der Waals surface area contributed by atoms with Gasteiger partial charge in [0.2, 0.25) is 0 Å². The first-order valence-corrected chi connectivity index (χ1v) is 8.63. The molecule has 1 atom stereocenters. The third kappa shape index (κ3) is 5.58. The lowest BCUT2D eigenvalue weighted by Crippen LogP contribution is -2.46. The Balaban J connectivity index is 1.99. The van der Waals surface area contributed by atoms with Gasteiger partial charge in [0.05, 0.1) is 0 Å². The maximum absolute atomic E-state index is 12.4. The number of imide groups is 1. The number of carbonyl (C=O) groups is 4. The average molecular weight is 352 g/mol. The molecule has 1 aliphatic carbocycles. The van der Waals surface area contributed by atoms with E-state index >= 15 is 0 Å². The number of rotatable bonds is 7.